The standard InChI is InChI=1S/C23H20N6O2/c1-15-11-17(24-2)6-8-19(15)20-9-5-16(12-25-20)23-28-27-21(14-30-3)29(23)18-7-10-22(31-4)26-13-18/h5-13H,14H2,1,3-4H3. The van der Waals surface area contributed by atoms with E-state index in [0.717, 1.165) is 28.1 Å². The van der Waals surface area contributed by atoms with Gasteiger partial charge in [0.2, 0.25) is 5.88 Å². The minimum absolute atomic E-state index is 0.303. The van der Waals surface area contributed by atoms with Gasteiger partial charge in [-0.25, -0.2) is 9.83 Å². The summed E-state index contributed by atoms with van der Waals surface area (Å²) in [4.78, 5) is 12.4. The number of ether oxygens (including phenoxy) is 2. The van der Waals surface area contributed by atoms with Crippen LogP contribution in [0.5, 0.6) is 5.88 Å². The van der Waals surface area contributed by atoms with Crippen LogP contribution in [0.15, 0.2) is 54.9 Å². The summed E-state index contributed by atoms with van der Waals surface area (Å²) in [6, 6.07) is 13.2. The molecule has 0 N–H and O–H groups in total. The van der Waals surface area contributed by atoms with Crippen molar-refractivity contribution in [2.24, 2.45) is 0 Å². The molecule has 0 aliphatic heterocycles. The molecule has 0 saturated heterocycles. The average Bonchev–Trinajstić information content (AvgIpc) is 3.23. The molecular weight excluding hydrogens is 392 g/mol. The monoisotopic (exact) mass is 412 g/mol. The number of nitrogens with zero attached hydrogens (tertiary/aromatic N) is 6. The summed E-state index contributed by atoms with van der Waals surface area (Å²) >= 11 is 0. The molecule has 4 aromatic rings. The lowest BCUT2D eigenvalue weighted by Gasteiger charge is -2.11. The summed E-state index contributed by atoms with van der Waals surface area (Å²) < 4.78 is 12.3. The molecule has 0 radical (unpaired) electrons. The lowest BCUT2D eigenvalue weighted by Crippen LogP contribution is -2.05. The molecule has 3 heterocycles. The van der Waals surface area contributed by atoms with Crippen LogP contribution in [0.2, 0.25) is 0 Å². The number of benzene rings is 1. The molecule has 0 atom stereocenters. The lowest BCUT2D eigenvalue weighted by atomic mass is 10.0. The predicted octanol–water partition coefficient (Wildman–Crippen LogP) is 4.41. The zero-order valence-corrected chi connectivity index (χ0v) is 17.4. The van der Waals surface area contributed by atoms with Crippen LogP contribution < -0.4 is 4.74 Å². The molecule has 8 nitrogen and oxygen atoms in total. The average molecular weight is 412 g/mol. The number of aryl methyl sites for hydroxylation is 1. The molecule has 154 valence electrons. The molecule has 0 amide bonds. The van der Waals surface area contributed by atoms with E-state index < -0.39 is 0 Å². The maximum atomic E-state index is 7.16. The molecule has 3 aromatic heterocycles. The first kappa shape index (κ1) is 20.2. The zero-order valence-electron chi connectivity index (χ0n) is 17.4. The number of pyridine rings is 2. The third kappa shape index (κ3) is 3.99. The fourth-order valence-electron chi connectivity index (χ4n) is 3.31. The second-order valence-corrected chi connectivity index (χ2v) is 6.81. The van der Waals surface area contributed by atoms with E-state index in [2.05, 4.69) is 25.0 Å². The summed E-state index contributed by atoms with van der Waals surface area (Å²) in [7, 11) is 3.19. The van der Waals surface area contributed by atoms with Crippen molar-refractivity contribution in [2.75, 3.05) is 14.2 Å². The van der Waals surface area contributed by atoms with Gasteiger partial charge in [-0.05, 0) is 25.1 Å². The van der Waals surface area contributed by atoms with E-state index in [4.69, 9.17) is 16.0 Å². The number of methoxy groups -OCH3 is 2. The second kappa shape index (κ2) is 8.73. The van der Waals surface area contributed by atoms with Gasteiger partial charge < -0.3 is 9.47 Å². The van der Waals surface area contributed by atoms with Crippen LogP contribution in [0.25, 0.3) is 33.2 Å². The predicted molar refractivity (Wildman–Crippen MR) is 116 cm³/mol. The van der Waals surface area contributed by atoms with Gasteiger partial charge in [0.25, 0.3) is 0 Å². The van der Waals surface area contributed by atoms with E-state index in [-0.39, 0.29) is 0 Å². The quantitative estimate of drug-likeness (QED) is 0.437. The summed E-state index contributed by atoms with van der Waals surface area (Å²) in [6.07, 6.45) is 3.47. The molecular formula is C23H20N6O2. The molecule has 0 bridgehead atoms. The van der Waals surface area contributed by atoms with E-state index in [0.29, 0.717) is 29.8 Å². The van der Waals surface area contributed by atoms with Crippen molar-refractivity contribution in [3.8, 4) is 34.2 Å². The Morgan fingerprint density at radius 3 is 2.48 bits per heavy atom. The van der Waals surface area contributed by atoms with Crippen molar-refractivity contribution < 1.29 is 9.47 Å². The zero-order chi connectivity index (χ0) is 21.8. The summed E-state index contributed by atoms with van der Waals surface area (Å²) in [6.45, 7) is 9.44. The van der Waals surface area contributed by atoms with Crippen LogP contribution in [-0.2, 0) is 11.3 Å². The van der Waals surface area contributed by atoms with E-state index in [1.54, 1.807) is 38.7 Å². The van der Waals surface area contributed by atoms with Crippen molar-refractivity contribution in [3.63, 3.8) is 0 Å². The Kier molecular flexibility index (Phi) is 5.69. The highest BCUT2D eigenvalue weighted by Gasteiger charge is 2.17. The first-order valence-corrected chi connectivity index (χ1v) is 9.53. The van der Waals surface area contributed by atoms with E-state index in [1.807, 2.05) is 41.8 Å². The number of rotatable bonds is 6. The third-order valence-electron chi connectivity index (χ3n) is 4.83. The Hall–Kier alpha value is -4.09. The van der Waals surface area contributed by atoms with Gasteiger partial charge in [0.05, 0.1) is 31.3 Å². The maximum Gasteiger partial charge on any atom is 0.213 e. The molecule has 0 aliphatic carbocycles. The molecule has 0 unspecified atom stereocenters. The number of hydrogen-bond acceptors (Lipinski definition) is 6. The normalized spacial score (nSPS) is 10.6. The molecule has 0 aliphatic rings. The van der Waals surface area contributed by atoms with Crippen LogP contribution in [0.3, 0.4) is 0 Å². The van der Waals surface area contributed by atoms with Crippen molar-refractivity contribution in [3.05, 3.63) is 77.7 Å². The highest BCUT2D eigenvalue weighted by atomic mass is 16.5. The van der Waals surface area contributed by atoms with Gasteiger partial charge in [0.1, 0.15) is 6.61 Å². The Labute approximate surface area is 180 Å². The van der Waals surface area contributed by atoms with Crippen LogP contribution in [0.1, 0.15) is 11.4 Å². The largest absolute Gasteiger partial charge is 0.481 e. The minimum atomic E-state index is 0.303. The highest BCUT2D eigenvalue weighted by Crippen LogP contribution is 2.28. The topological polar surface area (TPSA) is 79.3 Å². The Morgan fingerprint density at radius 1 is 1.00 bits per heavy atom. The van der Waals surface area contributed by atoms with E-state index in [9.17, 15) is 0 Å². The van der Waals surface area contributed by atoms with Crippen LogP contribution in [-0.4, -0.2) is 39.0 Å². The first-order chi connectivity index (χ1) is 15.1. The summed E-state index contributed by atoms with van der Waals surface area (Å²) in [5.74, 6) is 1.81. The Morgan fingerprint density at radius 2 is 1.87 bits per heavy atom. The van der Waals surface area contributed by atoms with Crippen LogP contribution in [0.4, 0.5) is 5.69 Å². The second-order valence-electron chi connectivity index (χ2n) is 6.81. The Bertz CT molecular complexity index is 1240. The summed E-state index contributed by atoms with van der Waals surface area (Å²) in [5.41, 5.74) is 5.03. The minimum Gasteiger partial charge on any atom is -0.481 e. The summed E-state index contributed by atoms with van der Waals surface area (Å²) in [5, 5.41) is 8.66. The smallest absolute Gasteiger partial charge is 0.213 e. The van der Waals surface area contributed by atoms with Crippen molar-refractivity contribution in [1.29, 1.82) is 0 Å². The third-order valence-corrected chi connectivity index (χ3v) is 4.83. The van der Waals surface area contributed by atoms with Gasteiger partial charge in [-0.1, -0.05) is 23.8 Å². The molecule has 0 spiro atoms. The molecule has 31 heavy (non-hydrogen) atoms. The fraction of sp³-hybridized carbons (Fsp3) is 0.174. The lowest BCUT2D eigenvalue weighted by molar-refractivity contribution is 0.176. The molecule has 0 fully saturated rings. The number of aromatic nitrogens is 5. The molecule has 8 heteroatoms. The van der Waals surface area contributed by atoms with Gasteiger partial charge in [0.15, 0.2) is 17.3 Å². The SMILES string of the molecule is [C-]#[N+]c1ccc(-c2ccc(-c3nnc(COC)n3-c3ccc(OC)nc3)cn2)c(C)c1. The van der Waals surface area contributed by atoms with Gasteiger partial charge >= 0.3 is 0 Å². The van der Waals surface area contributed by atoms with Crippen molar-refractivity contribution in [2.45, 2.75) is 13.5 Å². The molecule has 0 saturated carbocycles. The molecule has 1 aromatic carbocycles. The molecule has 4 rings (SSSR count). The first-order valence-electron chi connectivity index (χ1n) is 9.53. The highest BCUT2D eigenvalue weighted by molar-refractivity contribution is 5.69. The van der Waals surface area contributed by atoms with E-state index >= 15 is 0 Å². The van der Waals surface area contributed by atoms with Crippen molar-refractivity contribution in [1.82, 2.24) is 24.7 Å². The van der Waals surface area contributed by atoms with Gasteiger partial charge in [-0.2, -0.15) is 0 Å². The Balaban J connectivity index is 1.74. The van der Waals surface area contributed by atoms with Gasteiger partial charge in [0, 0.05) is 30.5 Å². The van der Waals surface area contributed by atoms with Crippen molar-refractivity contribution >= 4 is 5.69 Å². The van der Waals surface area contributed by atoms with Crippen LogP contribution in [0, 0.1) is 13.5 Å². The van der Waals surface area contributed by atoms with E-state index in [1.165, 1.54) is 0 Å². The van der Waals surface area contributed by atoms with Gasteiger partial charge in [-0.3, -0.25) is 9.55 Å². The fourth-order valence-corrected chi connectivity index (χ4v) is 3.31. The van der Waals surface area contributed by atoms with Crippen LogP contribution >= 0.6 is 0 Å². The number of hydrogen-bond donors (Lipinski definition) is 0. The maximum absolute atomic E-state index is 7.16. The van der Waals surface area contributed by atoms with Gasteiger partial charge in [-0.15, -0.1) is 10.2 Å².